The average molecular weight is 173 g/mol. The van der Waals surface area contributed by atoms with Crippen molar-refractivity contribution < 1.29 is 20.1 Å². The highest BCUT2D eigenvalue weighted by atomic mass is 16.4. The van der Waals surface area contributed by atoms with Gasteiger partial charge in [0.25, 0.3) is 0 Å². The lowest BCUT2D eigenvalue weighted by Crippen LogP contribution is -2.48. The molecule has 0 spiro atoms. The van der Waals surface area contributed by atoms with Crippen LogP contribution in [-0.2, 0) is 0 Å². The molecule has 0 aromatic rings. The van der Waals surface area contributed by atoms with Gasteiger partial charge in [0.15, 0.2) is 0 Å². The Kier molecular flexibility index (Phi) is 4.11. The third-order valence-corrected chi connectivity index (χ3v) is 1.32. The Morgan fingerprint density at radius 1 is 1.58 bits per heavy atom. The van der Waals surface area contributed by atoms with Crippen LogP contribution in [0.25, 0.3) is 0 Å². The van der Waals surface area contributed by atoms with Crippen molar-refractivity contribution in [1.82, 2.24) is 5.32 Å². The summed E-state index contributed by atoms with van der Waals surface area (Å²) in [5.74, 6) is 1.92. The molecule has 3 atom stereocenters. The van der Waals surface area contributed by atoms with Crippen molar-refractivity contribution in [1.29, 1.82) is 0 Å². The van der Waals surface area contributed by atoms with Crippen LogP contribution in [0.5, 0.6) is 0 Å². The molecule has 68 valence electrons. The molecule has 5 nitrogen and oxygen atoms in total. The molecule has 0 saturated heterocycles. The Morgan fingerprint density at radius 2 is 2.08 bits per heavy atom. The van der Waals surface area contributed by atoms with E-state index in [4.69, 9.17) is 21.7 Å². The van der Waals surface area contributed by atoms with Gasteiger partial charge in [-0.2, -0.15) is 0 Å². The van der Waals surface area contributed by atoms with Crippen molar-refractivity contribution in [3.63, 3.8) is 0 Å². The maximum Gasteiger partial charge on any atom is 0.405 e. The number of nitrogens with one attached hydrogen (secondary N) is 1. The highest BCUT2D eigenvalue weighted by Gasteiger charge is 2.23. The van der Waals surface area contributed by atoms with E-state index in [1.807, 2.05) is 11.2 Å². The number of carboxylic acid groups (broad SMARTS) is 1. The van der Waals surface area contributed by atoms with Crippen molar-refractivity contribution >= 4 is 6.09 Å². The molecule has 4 N–H and O–H groups in total. The predicted octanol–water partition coefficient (Wildman–Crippen LogP) is -1.00. The number of carbonyl (C=O) groups is 1. The summed E-state index contributed by atoms with van der Waals surface area (Å²) in [5.41, 5.74) is 0. The van der Waals surface area contributed by atoms with E-state index in [0.29, 0.717) is 0 Å². The molecule has 0 unspecified atom stereocenters. The zero-order chi connectivity index (χ0) is 9.72. The van der Waals surface area contributed by atoms with Crippen molar-refractivity contribution in [3.05, 3.63) is 0 Å². The minimum absolute atomic E-state index is 1.04. The van der Waals surface area contributed by atoms with E-state index >= 15 is 0 Å². The third-order valence-electron chi connectivity index (χ3n) is 1.32. The summed E-state index contributed by atoms with van der Waals surface area (Å²) in [6, 6.07) is -1.05. The molecule has 0 saturated carbocycles. The van der Waals surface area contributed by atoms with Crippen molar-refractivity contribution in [3.8, 4) is 12.3 Å². The topological polar surface area (TPSA) is 89.8 Å². The van der Waals surface area contributed by atoms with Crippen molar-refractivity contribution in [2.45, 2.75) is 25.2 Å². The van der Waals surface area contributed by atoms with Crippen LogP contribution in [0.15, 0.2) is 0 Å². The van der Waals surface area contributed by atoms with E-state index in [-0.39, 0.29) is 0 Å². The van der Waals surface area contributed by atoms with E-state index in [2.05, 4.69) is 0 Å². The molecule has 0 aliphatic carbocycles. The highest BCUT2D eigenvalue weighted by Crippen LogP contribution is 1.98. The second-order valence-electron chi connectivity index (χ2n) is 2.33. The molecule has 0 heterocycles. The van der Waals surface area contributed by atoms with Gasteiger partial charge in [-0.3, -0.25) is 0 Å². The highest BCUT2D eigenvalue weighted by molar-refractivity contribution is 5.65. The van der Waals surface area contributed by atoms with E-state index in [1.54, 1.807) is 0 Å². The molecule has 0 radical (unpaired) electrons. The normalized spacial score (nSPS) is 17.2. The lowest BCUT2D eigenvalue weighted by atomic mass is 10.1. The van der Waals surface area contributed by atoms with Gasteiger partial charge >= 0.3 is 6.09 Å². The van der Waals surface area contributed by atoms with Crippen LogP contribution in [0.1, 0.15) is 6.92 Å². The van der Waals surface area contributed by atoms with Crippen LogP contribution < -0.4 is 5.32 Å². The minimum Gasteiger partial charge on any atom is -0.465 e. The summed E-state index contributed by atoms with van der Waals surface area (Å²) < 4.78 is 0. The molecular weight excluding hydrogens is 162 g/mol. The van der Waals surface area contributed by atoms with E-state index in [0.717, 1.165) is 0 Å². The first kappa shape index (κ1) is 10.8. The van der Waals surface area contributed by atoms with Crippen LogP contribution >= 0.6 is 0 Å². The Balaban J connectivity index is 4.25. The SMILES string of the molecule is C#C[C@H](O)[C@@H](NC(=O)O)[C@@H](C)O. The summed E-state index contributed by atoms with van der Waals surface area (Å²) >= 11 is 0. The van der Waals surface area contributed by atoms with Gasteiger partial charge in [-0.05, 0) is 6.92 Å². The fourth-order valence-corrected chi connectivity index (χ4v) is 0.710. The van der Waals surface area contributed by atoms with Gasteiger partial charge in [0.1, 0.15) is 6.10 Å². The summed E-state index contributed by atoms with van der Waals surface area (Å²) in [5, 5.41) is 28.2. The maximum atomic E-state index is 10.1. The Morgan fingerprint density at radius 3 is 2.33 bits per heavy atom. The number of aliphatic hydroxyl groups excluding tert-OH is 2. The van der Waals surface area contributed by atoms with Gasteiger partial charge in [0, 0.05) is 0 Å². The van der Waals surface area contributed by atoms with Crippen LogP contribution in [0.2, 0.25) is 0 Å². The number of hydrogen-bond donors (Lipinski definition) is 4. The zero-order valence-electron chi connectivity index (χ0n) is 6.56. The molecule has 0 rings (SSSR count). The minimum atomic E-state index is -1.34. The van der Waals surface area contributed by atoms with Gasteiger partial charge < -0.3 is 20.6 Å². The number of terminal acetylenes is 1. The molecule has 0 aromatic heterocycles. The molecule has 1 amide bonds. The lowest BCUT2D eigenvalue weighted by Gasteiger charge is -2.21. The fraction of sp³-hybridized carbons (Fsp3) is 0.571. The van der Waals surface area contributed by atoms with Crippen LogP contribution in [0.4, 0.5) is 4.79 Å². The number of rotatable bonds is 3. The van der Waals surface area contributed by atoms with Gasteiger partial charge in [-0.25, -0.2) is 4.79 Å². The first-order chi connectivity index (χ1) is 5.49. The van der Waals surface area contributed by atoms with E-state index in [1.165, 1.54) is 6.92 Å². The lowest BCUT2D eigenvalue weighted by molar-refractivity contribution is 0.0733. The summed E-state index contributed by atoms with van der Waals surface area (Å²) in [4.78, 5) is 10.1. The second-order valence-corrected chi connectivity index (χ2v) is 2.33. The molecule has 5 heteroatoms. The third kappa shape index (κ3) is 3.23. The molecule has 12 heavy (non-hydrogen) atoms. The predicted molar refractivity (Wildman–Crippen MR) is 41.5 cm³/mol. The molecule has 0 aromatic carbocycles. The monoisotopic (exact) mass is 173 g/mol. The van der Waals surface area contributed by atoms with Gasteiger partial charge in [0.2, 0.25) is 0 Å². The van der Waals surface area contributed by atoms with Crippen LogP contribution in [0.3, 0.4) is 0 Å². The number of hydrogen-bond acceptors (Lipinski definition) is 3. The van der Waals surface area contributed by atoms with Gasteiger partial charge in [-0.1, -0.05) is 5.92 Å². The Labute approximate surface area is 70.0 Å². The Hall–Kier alpha value is -1.25. The molecular formula is C7H11NO4. The zero-order valence-corrected chi connectivity index (χ0v) is 6.56. The second kappa shape index (κ2) is 4.59. The number of amides is 1. The smallest absolute Gasteiger partial charge is 0.405 e. The standard InChI is InChI=1S/C7H11NO4/c1-3-5(10)6(4(2)9)8-7(11)12/h1,4-6,8-10H,2H3,(H,11,12)/t4-,5+,6+/m1/s1. The van der Waals surface area contributed by atoms with Crippen LogP contribution in [0, 0.1) is 12.3 Å². The summed E-state index contributed by atoms with van der Waals surface area (Å²) in [6.45, 7) is 1.33. The largest absolute Gasteiger partial charge is 0.465 e. The van der Waals surface area contributed by atoms with Crippen molar-refractivity contribution in [2.24, 2.45) is 0 Å². The van der Waals surface area contributed by atoms with Crippen molar-refractivity contribution in [2.75, 3.05) is 0 Å². The first-order valence-corrected chi connectivity index (χ1v) is 3.30. The van der Waals surface area contributed by atoms with Gasteiger partial charge in [0.05, 0.1) is 12.1 Å². The van der Waals surface area contributed by atoms with E-state index in [9.17, 15) is 4.79 Å². The van der Waals surface area contributed by atoms with E-state index < -0.39 is 24.3 Å². The summed E-state index contributed by atoms with van der Waals surface area (Å²) in [6.07, 6.45) is 1.15. The average Bonchev–Trinajstić information content (AvgIpc) is 1.98. The molecule has 0 aliphatic rings. The Bertz CT molecular complexity index is 196. The molecule has 0 fully saturated rings. The van der Waals surface area contributed by atoms with Gasteiger partial charge in [-0.15, -0.1) is 6.42 Å². The van der Waals surface area contributed by atoms with Crippen LogP contribution in [-0.4, -0.2) is 39.7 Å². The quantitative estimate of drug-likeness (QED) is 0.412. The fourth-order valence-electron chi connectivity index (χ4n) is 0.710. The number of aliphatic hydroxyl groups is 2. The summed E-state index contributed by atoms with van der Waals surface area (Å²) in [7, 11) is 0. The molecule has 0 bridgehead atoms. The maximum absolute atomic E-state index is 10.1. The first-order valence-electron chi connectivity index (χ1n) is 3.30. The molecule has 0 aliphatic heterocycles.